The molecule has 2 N–H and O–H groups in total. The predicted octanol–water partition coefficient (Wildman–Crippen LogP) is 1.57. The number of halogens is 2. The average Bonchev–Trinajstić information content (AvgIpc) is 2.34. The van der Waals surface area contributed by atoms with Gasteiger partial charge in [0.15, 0.2) is 0 Å². The van der Waals surface area contributed by atoms with E-state index in [1.54, 1.807) is 0 Å². The molecule has 0 fully saturated rings. The molecule has 0 radical (unpaired) electrons. The van der Waals surface area contributed by atoms with Crippen LogP contribution in [0.4, 0.5) is 10.1 Å². The maximum absolute atomic E-state index is 12.9. The van der Waals surface area contributed by atoms with E-state index in [4.69, 9.17) is 11.6 Å². The topological polar surface area (TPSA) is 67.4 Å². The van der Waals surface area contributed by atoms with E-state index in [1.807, 2.05) is 0 Å². The molecule has 7 heteroatoms. The molecule has 0 spiro atoms. The van der Waals surface area contributed by atoms with Crippen molar-refractivity contribution < 1.29 is 18.7 Å². The van der Waals surface area contributed by atoms with Crippen LogP contribution in [0.1, 0.15) is 6.92 Å². The molecule has 1 unspecified atom stereocenters. The molecule has 0 aliphatic heterocycles. The minimum atomic E-state index is -0.844. The second-order valence-corrected chi connectivity index (χ2v) is 4.19. The lowest BCUT2D eigenvalue weighted by molar-refractivity contribution is -0.144. The Labute approximate surface area is 115 Å². The fraction of sp³-hybridized carbons (Fsp3) is 0.333. The van der Waals surface area contributed by atoms with Crippen molar-refractivity contribution in [1.82, 2.24) is 5.32 Å². The second-order valence-electron chi connectivity index (χ2n) is 3.78. The molecule has 0 aliphatic carbocycles. The van der Waals surface area contributed by atoms with Gasteiger partial charge in [-0.3, -0.25) is 4.79 Å². The Morgan fingerprint density at radius 3 is 2.68 bits per heavy atom. The molecular formula is C12H14ClFN2O3. The van der Waals surface area contributed by atoms with Crippen LogP contribution in [0.15, 0.2) is 18.2 Å². The summed E-state index contributed by atoms with van der Waals surface area (Å²) in [7, 11) is 1.22. The van der Waals surface area contributed by atoms with Gasteiger partial charge in [0.05, 0.1) is 17.8 Å². The quantitative estimate of drug-likeness (QED) is 0.807. The smallest absolute Gasteiger partial charge is 0.330 e. The molecule has 0 saturated carbocycles. The van der Waals surface area contributed by atoms with Crippen LogP contribution in [0, 0.1) is 5.82 Å². The number of hydrogen-bond acceptors (Lipinski definition) is 4. The monoisotopic (exact) mass is 288 g/mol. The average molecular weight is 289 g/mol. The highest BCUT2D eigenvalue weighted by Gasteiger charge is 2.20. The van der Waals surface area contributed by atoms with Crippen LogP contribution < -0.4 is 10.6 Å². The molecule has 0 aliphatic rings. The first-order valence-corrected chi connectivity index (χ1v) is 5.85. The van der Waals surface area contributed by atoms with Crippen molar-refractivity contribution in [2.45, 2.75) is 13.0 Å². The number of rotatable bonds is 5. The fourth-order valence-electron chi connectivity index (χ4n) is 1.43. The Balaban J connectivity index is 2.70. The van der Waals surface area contributed by atoms with E-state index in [-0.39, 0.29) is 17.5 Å². The summed E-state index contributed by atoms with van der Waals surface area (Å²) in [5.74, 6) is -1.40. The van der Waals surface area contributed by atoms with E-state index in [9.17, 15) is 14.0 Å². The summed E-state index contributed by atoms with van der Waals surface area (Å²) in [4.78, 5) is 22.4. The number of carbonyl (C=O) groups is 2. The van der Waals surface area contributed by atoms with Crippen LogP contribution in [0.25, 0.3) is 0 Å². The third-order valence-corrected chi connectivity index (χ3v) is 2.60. The molecule has 1 aromatic carbocycles. The predicted molar refractivity (Wildman–Crippen MR) is 69.5 cm³/mol. The van der Waals surface area contributed by atoms with Crippen molar-refractivity contribution in [2.75, 3.05) is 19.0 Å². The molecule has 0 aromatic heterocycles. The number of nitrogens with one attached hydrogen (secondary N) is 2. The van der Waals surface area contributed by atoms with Crippen molar-refractivity contribution in [3.05, 3.63) is 29.0 Å². The molecule has 5 nitrogen and oxygen atoms in total. The van der Waals surface area contributed by atoms with E-state index in [0.29, 0.717) is 5.69 Å². The van der Waals surface area contributed by atoms with Gasteiger partial charge in [0.1, 0.15) is 11.9 Å². The van der Waals surface area contributed by atoms with Gasteiger partial charge in [-0.15, -0.1) is 0 Å². The summed E-state index contributed by atoms with van der Waals surface area (Å²) in [6, 6.07) is 2.98. The maximum Gasteiger partial charge on any atom is 0.330 e. The van der Waals surface area contributed by atoms with Crippen LogP contribution in [-0.2, 0) is 14.3 Å². The van der Waals surface area contributed by atoms with Gasteiger partial charge in [0.2, 0.25) is 5.91 Å². The standard InChI is InChI=1S/C12H14ClFN2O3/c1-7(17)16-11(12(18)19-2)6-15-10-4-3-8(14)5-9(10)13/h3-5,11,15H,6H2,1-2H3,(H,16,17). The van der Waals surface area contributed by atoms with Crippen LogP contribution in [0.5, 0.6) is 0 Å². The van der Waals surface area contributed by atoms with Gasteiger partial charge in [0.25, 0.3) is 0 Å². The SMILES string of the molecule is COC(=O)C(CNc1ccc(F)cc1Cl)NC(C)=O. The number of anilines is 1. The number of carbonyl (C=O) groups excluding carboxylic acids is 2. The Kier molecular flexibility index (Phi) is 5.57. The molecule has 19 heavy (non-hydrogen) atoms. The summed E-state index contributed by atoms with van der Waals surface area (Å²) in [5.41, 5.74) is 0.460. The van der Waals surface area contributed by atoms with Gasteiger partial charge in [-0.2, -0.15) is 0 Å². The number of benzene rings is 1. The minimum Gasteiger partial charge on any atom is -0.467 e. The van der Waals surface area contributed by atoms with Crippen molar-refractivity contribution in [1.29, 1.82) is 0 Å². The molecule has 1 atom stereocenters. The van der Waals surface area contributed by atoms with Crippen LogP contribution in [0.3, 0.4) is 0 Å². The van der Waals surface area contributed by atoms with Crippen molar-refractivity contribution >= 4 is 29.2 Å². The van der Waals surface area contributed by atoms with Crippen LogP contribution in [0.2, 0.25) is 5.02 Å². The largest absolute Gasteiger partial charge is 0.467 e. The van der Waals surface area contributed by atoms with E-state index >= 15 is 0 Å². The molecule has 1 amide bonds. The highest BCUT2D eigenvalue weighted by molar-refractivity contribution is 6.33. The molecule has 0 saturated heterocycles. The Morgan fingerprint density at radius 2 is 2.16 bits per heavy atom. The fourth-order valence-corrected chi connectivity index (χ4v) is 1.66. The number of amides is 1. The van der Waals surface area contributed by atoms with Gasteiger partial charge < -0.3 is 15.4 Å². The first-order valence-electron chi connectivity index (χ1n) is 5.48. The summed E-state index contributed by atoms with van der Waals surface area (Å²) in [6.45, 7) is 1.37. The van der Waals surface area contributed by atoms with E-state index in [1.165, 1.54) is 26.2 Å². The van der Waals surface area contributed by atoms with Gasteiger partial charge in [0, 0.05) is 13.5 Å². The highest BCUT2D eigenvalue weighted by Crippen LogP contribution is 2.22. The zero-order valence-corrected chi connectivity index (χ0v) is 11.3. The lowest BCUT2D eigenvalue weighted by atomic mass is 10.2. The zero-order valence-electron chi connectivity index (χ0n) is 10.5. The summed E-state index contributed by atoms with van der Waals surface area (Å²) in [6.07, 6.45) is 0. The van der Waals surface area contributed by atoms with Crippen molar-refractivity contribution in [3.63, 3.8) is 0 Å². The third kappa shape index (κ3) is 4.75. The van der Waals surface area contributed by atoms with Crippen LogP contribution >= 0.6 is 11.6 Å². The normalized spacial score (nSPS) is 11.6. The van der Waals surface area contributed by atoms with Crippen LogP contribution in [-0.4, -0.2) is 31.6 Å². The van der Waals surface area contributed by atoms with Crippen molar-refractivity contribution in [2.24, 2.45) is 0 Å². The summed E-state index contributed by atoms with van der Waals surface area (Å²) < 4.78 is 17.4. The first kappa shape index (κ1) is 15.2. The van der Waals surface area contributed by atoms with E-state index in [0.717, 1.165) is 6.07 Å². The second kappa shape index (κ2) is 6.94. The van der Waals surface area contributed by atoms with Gasteiger partial charge >= 0.3 is 5.97 Å². The van der Waals surface area contributed by atoms with E-state index in [2.05, 4.69) is 15.4 Å². The first-order chi connectivity index (χ1) is 8.93. The Morgan fingerprint density at radius 1 is 1.47 bits per heavy atom. The molecule has 104 valence electrons. The molecule has 1 aromatic rings. The number of hydrogen-bond donors (Lipinski definition) is 2. The molecule has 1 rings (SSSR count). The molecular weight excluding hydrogens is 275 g/mol. The zero-order chi connectivity index (χ0) is 14.4. The number of esters is 1. The lowest BCUT2D eigenvalue weighted by Gasteiger charge is -2.17. The third-order valence-electron chi connectivity index (χ3n) is 2.29. The molecule has 0 heterocycles. The molecule has 0 bridgehead atoms. The number of methoxy groups -OCH3 is 1. The summed E-state index contributed by atoms with van der Waals surface area (Å²) in [5, 5.41) is 5.47. The Hall–Kier alpha value is -1.82. The number of ether oxygens (including phenoxy) is 1. The highest BCUT2D eigenvalue weighted by atomic mass is 35.5. The van der Waals surface area contributed by atoms with Crippen molar-refractivity contribution in [3.8, 4) is 0 Å². The lowest BCUT2D eigenvalue weighted by Crippen LogP contribution is -2.45. The van der Waals surface area contributed by atoms with Gasteiger partial charge in [-0.25, -0.2) is 9.18 Å². The van der Waals surface area contributed by atoms with E-state index < -0.39 is 17.8 Å². The van der Waals surface area contributed by atoms with Gasteiger partial charge in [-0.05, 0) is 18.2 Å². The van der Waals surface area contributed by atoms with Gasteiger partial charge in [-0.1, -0.05) is 11.6 Å². The Bertz CT molecular complexity index is 482. The maximum atomic E-state index is 12.9. The minimum absolute atomic E-state index is 0.0810. The summed E-state index contributed by atoms with van der Waals surface area (Å²) >= 11 is 5.83.